The third-order valence-electron chi connectivity index (χ3n) is 2.67. The molecule has 0 fully saturated rings. The van der Waals surface area contributed by atoms with Crippen LogP contribution in [0, 0.1) is 11.7 Å². The van der Waals surface area contributed by atoms with E-state index in [9.17, 15) is 9.18 Å². The minimum Gasteiger partial charge on any atom is -0.352 e. The van der Waals surface area contributed by atoms with Crippen LogP contribution in [0.1, 0.15) is 25.3 Å². The van der Waals surface area contributed by atoms with Gasteiger partial charge in [-0.05, 0) is 24.1 Å². The molecule has 1 aromatic rings. The molecule has 0 heterocycles. The van der Waals surface area contributed by atoms with Crippen molar-refractivity contribution < 1.29 is 9.18 Å². The minimum atomic E-state index is -0.272. The summed E-state index contributed by atoms with van der Waals surface area (Å²) in [6.07, 6.45) is 1.73. The molecular formula is C13H19FN2O. The van der Waals surface area contributed by atoms with Gasteiger partial charge in [-0.25, -0.2) is 4.39 Å². The number of benzene rings is 1. The highest BCUT2D eigenvalue weighted by Gasteiger charge is 2.14. The van der Waals surface area contributed by atoms with Crippen LogP contribution in [0.25, 0.3) is 0 Å². The van der Waals surface area contributed by atoms with E-state index in [0.29, 0.717) is 13.1 Å². The number of hydrogen-bond acceptors (Lipinski definition) is 2. The first-order valence-electron chi connectivity index (χ1n) is 5.89. The summed E-state index contributed by atoms with van der Waals surface area (Å²) in [5, 5.41) is 2.81. The van der Waals surface area contributed by atoms with Crippen LogP contribution in [0.5, 0.6) is 0 Å². The van der Waals surface area contributed by atoms with E-state index in [4.69, 9.17) is 5.73 Å². The smallest absolute Gasteiger partial charge is 0.224 e. The number of nitrogens with one attached hydrogen (secondary N) is 1. The van der Waals surface area contributed by atoms with Crippen molar-refractivity contribution in [2.45, 2.75) is 26.3 Å². The Labute approximate surface area is 101 Å². The molecule has 3 nitrogen and oxygen atoms in total. The van der Waals surface area contributed by atoms with Crippen molar-refractivity contribution in [3.05, 3.63) is 35.6 Å². The Balaban J connectivity index is 2.44. The summed E-state index contributed by atoms with van der Waals surface area (Å²) >= 11 is 0. The normalized spacial score (nSPS) is 12.2. The second-order valence-corrected chi connectivity index (χ2v) is 4.07. The van der Waals surface area contributed by atoms with Gasteiger partial charge in [-0.2, -0.15) is 0 Å². The predicted octanol–water partition coefficient (Wildman–Crippen LogP) is 1.82. The van der Waals surface area contributed by atoms with Gasteiger partial charge in [0, 0.05) is 13.1 Å². The van der Waals surface area contributed by atoms with Crippen LogP contribution in [-0.4, -0.2) is 12.5 Å². The molecule has 94 valence electrons. The fraction of sp³-hybridized carbons (Fsp3) is 0.462. The average molecular weight is 238 g/mol. The van der Waals surface area contributed by atoms with Gasteiger partial charge >= 0.3 is 0 Å². The highest BCUT2D eigenvalue weighted by atomic mass is 19.1. The van der Waals surface area contributed by atoms with E-state index in [1.54, 1.807) is 12.1 Å². The fourth-order valence-corrected chi connectivity index (χ4v) is 1.64. The van der Waals surface area contributed by atoms with Gasteiger partial charge in [0.05, 0.1) is 5.92 Å². The summed E-state index contributed by atoms with van der Waals surface area (Å²) in [6, 6.07) is 6.08. The lowest BCUT2D eigenvalue weighted by molar-refractivity contribution is -0.125. The maximum absolute atomic E-state index is 12.7. The Morgan fingerprint density at radius 2 is 2.06 bits per heavy atom. The number of carbonyl (C=O) groups is 1. The topological polar surface area (TPSA) is 55.1 Å². The third kappa shape index (κ3) is 4.53. The number of hydrogen-bond donors (Lipinski definition) is 2. The van der Waals surface area contributed by atoms with E-state index < -0.39 is 0 Å². The Morgan fingerprint density at radius 3 is 2.59 bits per heavy atom. The molecule has 0 saturated heterocycles. The van der Waals surface area contributed by atoms with Gasteiger partial charge in [0.1, 0.15) is 5.82 Å². The number of halogens is 1. The Hall–Kier alpha value is -1.42. The Bertz CT molecular complexity index is 351. The van der Waals surface area contributed by atoms with Crippen molar-refractivity contribution in [3.63, 3.8) is 0 Å². The van der Waals surface area contributed by atoms with E-state index in [1.165, 1.54) is 12.1 Å². The van der Waals surface area contributed by atoms with E-state index in [-0.39, 0.29) is 17.6 Å². The lowest BCUT2D eigenvalue weighted by Crippen LogP contribution is -2.34. The van der Waals surface area contributed by atoms with Crippen LogP contribution >= 0.6 is 0 Å². The zero-order valence-electron chi connectivity index (χ0n) is 10.1. The van der Waals surface area contributed by atoms with E-state index >= 15 is 0 Å². The molecule has 0 bridgehead atoms. The Kier molecular flexibility index (Phi) is 5.63. The van der Waals surface area contributed by atoms with E-state index in [2.05, 4.69) is 5.32 Å². The zero-order valence-corrected chi connectivity index (χ0v) is 10.1. The molecule has 1 rings (SSSR count). The maximum atomic E-state index is 12.7. The van der Waals surface area contributed by atoms with Gasteiger partial charge < -0.3 is 11.1 Å². The molecule has 1 aromatic carbocycles. The molecule has 17 heavy (non-hydrogen) atoms. The number of rotatable bonds is 6. The van der Waals surface area contributed by atoms with Crippen LogP contribution in [0.2, 0.25) is 0 Å². The van der Waals surface area contributed by atoms with Crippen LogP contribution in [-0.2, 0) is 11.3 Å². The molecule has 0 spiro atoms. The average Bonchev–Trinajstić information content (AvgIpc) is 2.35. The van der Waals surface area contributed by atoms with Crippen molar-refractivity contribution in [2.75, 3.05) is 6.54 Å². The summed E-state index contributed by atoms with van der Waals surface area (Å²) in [7, 11) is 0. The molecule has 0 radical (unpaired) electrons. The monoisotopic (exact) mass is 238 g/mol. The largest absolute Gasteiger partial charge is 0.352 e. The molecular weight excluding hydrogens is 219 g/mol. The molecule has 0 aromatic heterocycles. The molecule has 3 N–H and O–H groups in total. The first-order chi connectivity index (χ1) is 8.17. The maximum Gasteiger partial charge on any atom is 0.224 e. The van der Waals surface area contributed by atoms with Crippen molar-refractivity contribution >= 4 is 5.91 Å². The number of carbonyl (C=O) groups excluding carboxylic acids is 1. The molecule has 0 aliphatic carbocycles. The molecule has 1 amide bonds. The number of amides is 1. The van der Waals surface area contributed by atoms with Crippen LogP contribution < -0.4 is 11.1 Å². The molecule has 0 saturated carbocycles. The summed E-state index contributed by atoms with van der Waals surface area (Å²) in [5.74, 6) is -0.426. The summed E-state index contributed by atoms with van der Waals surface area (Å²) in [4.78, 5) is 11.7. The van der Waals surface area contributed by atoms with Gasteiger partial charge in [-0.1, -0.05) is 25.5 Å². The first kappa shape index (κ1) is 13.6. The second kappa shape index (κ2) is 7.01. The van der Waals surface area contributed by atoms with Crippen LogP contribution in [0.3, 0.4) is 0 Å². The van der Waals surface area contributed by atoms with Gasteiger partial charge in [0.25, 0.3) is 0 Å². The summed E-state index contributed by atoms with van der Waals surface area (Å²) < 4.78 is 12.7. The van der Waals surface area contributed by atoms with Crippen LogP contribution in [0.4, 0.5) is 4.39 Å². The van der Waals surface area contributed by atoms with Crippen molar-refractivity contribution in [2.24, 2.45) is 11.7 Å². The minimum absolute atomic E-state index is 0.0290. The van der Waals surface area contributed by atoms with Crippen LogP contribution in [0.15, 0.2) is 24.3 Å². The SMILES string of the molecule is CCCC(CN)C(=O)NCc1ccc(F)cc1. The van der Waals surface area contributed by atoms with Crippen molar-refractivity contribution in [3.8, 4) is 0 Å². The lowest BCUT2D eigenvalue weighted by Gasteiger charge is -2.13. The predicted molar refractivity (Wildman–Crippen MR) is 65.7 cm³/mol. The van der Waals surface area contributed by atoms with Gasteiger partial charge in [0.15, 0.2) is 0 Å². The highest BCUT2D eigenvalue weighted by Crippen LogP contribution is 2.06. The van der Waals surface area contributed by atoms with E-state index in [1.807, 2.05) is 6.92 Å². The summed E-state index contributed by atoms with van der Waals surface area (Å²) in [5.41, 5.74) is 6.42. The Morgan fingerprint density at radius 1 is 1.41 bits per heavy atom. The highest BCUT2D eigenvalue weighted by molar-refractivity contribution is 5.78. The quantitative estimate of drug-likeness (QED) is 0.794. The summed E-state index contributed by atoms with van der Waals surface area (Å²) in [6.45, 7) is 2.80. The third-order valence-corrected chi connectivity index (χ3v) is 2.67. The molecule has 1 unspecified atom stereocenters. The molecule has 1 atom stereocenters. The van der Waals surface area contributed by atoms with Crippen molar-refractivity contribution in [1.29, 1.82) is 0 Å². The van der Waals surface area contributed by atoms with Gasteiger partial charge in [-0.15, -0.1) is 0 Å². The second-order valence-electron chi connectivity index (χ2n) is 4.07. The lowest BCUT2D eigenvalue weighted by atomic mass is 10.0. The van der Waals surface area contributed by atoms with E-state index in [0.717, 1.165) is 18.4 Å². The van der Waals surface area contributed by atoms with Gasteiger partial charge in [-0.3, -0.25) is 4.79 Å². The first-order valence-corrected chi connectivity index (χ1v) is 5.89. The van der Waals surface area contributed by atoms with Crippen molar-refractivity contribution in [1.82, 2.24) is 5.32 Å². The fourth-order valence-electron chi connectivity index (χ4n) is 1.64. The van der Waals surface area contributed by atoms with Gasteiger partial charge in [0.2, 0.25) is 5.91 Å². The number of nitrogens with two attached hydrogens (primary N) is 1. The standard InChI is InChI=1S/C13H19FN2O/c1-2-3-11(8-15)13(17)16-9-10-4-6-12(14)7-5-10/h4-7,11H,2-3,8-9,15H2,1H3,(H,16,17). The zero-order chi connectivity index (χ0) is 12.7. The molecule has 4 heteroatoms. The molecule has 0 aliphatic heterocycles. The molecule has 0 aliphatic rings.